The molecule has 0 aliphatic heterocycles. The number of nitrogens with one attached hydrogen (secondary N) is 2. The molecule has 0 aromatic heterocycles. The van der Waals surface area contributed by atoms with Crippen molar-refractivity contribution in [3.8, 4) is 0 Å². The molecule has 1 unspecified atom stereocenters. The van der Waals surface area contributed by atoms with E-state index in [0.29, 0.717) is 0 Å². The minimum atomic E-state index is -0.530. The van der Waals surface area contributed by atoms with Crippen molar-refractivity contribution >= 4 is 11.8 Å². The van der Waals surface area contributed by atoms with E-state index in [4.69, 9.17) is 0 Å². The van der Waals surface area contributed by atoms with E-state index in [1.165, 1.54) is 0 Å². The monoisotopic (exact) mass is 272 g/mol. The number of aliphatic hydroxyl groups is 1. The number of hydrogen-bond donors (Lipinski definition) is 3. The van der Waals surface area contributed by atoms with Crippen LogP contribution in [0, 0.1) is 11.3 Å². The number of amides is 2. The van der Waals surface area contributed by atoms with Crippen LogP contribution >= 0.6 is 0 Å². The zero-order valence-corrected chi connectivity index (χ0v) is 12.7. The van der Waals surface area contributed by atoms with Gasteiger partial charge in [0.25, 0.3) is 0 Å². The fourth-order valence-electron chi connectivity index (χ4n) is 1.71. The molecule has 0 saturated carbocycles. The van der Waals surface area contributed by atoms with Crippen LogP contribution in [0.5, 0.6) is 0 Å². The Balaban J connectivity index is 3.97. The predicted molar refractivity (Wildman–Crippen MR) is 75.6 cm³/mol. The Bertz CT molecular complexity index is 294. The van der Waals surface area contributed by atoms with E-state index in [-0.39, 0.29) is 30.8 Å². The van der Waals surface area contributed by atoms with Gasteiger partial charge < -0.3 is 15.7 Å². The Kier molecular flexibility index (Phi) is 7.68. The summed E-state index contributed by atoms with van der Waals surface area (Å²) in [6.45, 7) is 9.58. The third-order valence-electron chi connectivity index (χ3n) is 3.19. The molecule has 0 fully saturated rings. The lowest BCUT2D eigenvalue weighted by Gasteiger charge is -2.21. The van der Waals surface area contributed by atoms with E-state index in [0.717, 1.165) is 12.8 Å². The van der Waals surface area contributed by atoms with Crippen LogP contribution in [0.1, 0.15) is 47.5 Å². The summed E-state index contributed by atoms with van der Waals surface area (Å²) in [5.74, 6) is -0.240. The van der Waals surface area contributed by atoms with Gasteiger partial charge in [-0.15, -0.1) is 0 Å². The minimum Gasteiger partial charge on any atom is -0.391 e. The van der Waals surface area contributed by atoms with E-state index in [9.17, 15) is 14.7 Å². The van der Waals surface area contributed by atoms with Gasteiger partial charge >= 0.3 is 0 Å². The Morgan fingerprint density at radius 1 is 1.11 bits per heavy atom. The first-order valence-corrected chi connectivity index (χ1v) is 6.95. The summed E-state index contributed by atoms with van der Waals surface area (Å²) in [4.78, 5) is 23.1. The number of aliphatic hydroxyl groups excluding tert-OH is 1. The molecule has 0 saturated heterocycles. The molecule has 5 heteroatoms. The van der Waals surface area contributed by atoms with Crippen molar-refractivity contribution < 1.29 is 14.7 Å². The molecule has 19 heavy (non-hydrogen) atoms. The third kappa shape index (κ3) is 7.15. The summed E-state index contributed by atoms with van der Waals surface area (Å²) in [6.07, 6.45) is 1.24. The number of rotatable bonds is 7. The maximum Gasteiger partial charge on any atom is 0.239 e. The van der Waals surface area contributed by atoms with Crippen molar-refractivity contribution in [2.75, 3.05) is 13.1 Å². The molecular weight excluding hydrogens is 244 g/mol. The molecule has 0 heterocycles. The summed E-state index contributed by atoms with van der Waals surface area (Å²) in [6, 6.07) is 0. The van der Waals surface area contributed by atoms with Crippen LogP contribution in [-0.2, 0) is 9.59 Å². The third-order valence-corrected chi connectivity index (χ3v) is 3.19. The second kappa shape index (κ2) is 8.15. The molecule has 1 atom stereocenters. The summed E-state index contributed by atoms with van der Waals surface area (Å²) >= 11 is 0. The van der Waals surface area contributed by atoms with Gasteiger partial charge in [0, 0.05) is 12.0 Å². The van der Waals surface area contributed by atoms with Gasteiger partial charge in [0.05, 0.1) is 12.6 Å². The van der Waals surface area contributed by atoms with Crippen molar-refractivity contribution in [3.05, 3.63) is 0 Å². The van der Waals surface area contributed by atoms with Crippen LogP contribution in [0.15, 0.2) is 0 Å². The highest BCUT2D eigenvalue weighted by Gasteiger charge is 2.21. The van der Waals surface area contributed by atoms with Gasteiger partial charge in [-0.05, 0) is 5.92 Å². The van der Waals surface area contributed by atoms with Crippen molar-refractivity contribution in [3.63, 3.8) is 0 Å². The second-order valence-corrected chi connectivity index (χ2v) is 5.88. The quantitative estimate of drug-likeness (QED) is 0.648. The Morgan fingerprint density at radius 2 is 1.63 bits per heavy atom. The molecule has 0 aromatic rings. The normalized spacial score (nSPS) is 13.2. The highest BCUT2D eigenvalue weighted by atomic mass is 16.3. The van der Waals surface area contributed by atoms with Gasteiger partial charge in [0.1, 0.15) is 0 Å². The van der Waals surface area contributed by atoms with Gasteiger partial charge in [-0.25, -0.2) is 0 Å². The highest BCUT2D eigenvalue weighted by molar-refractivity contribution is 5.87. The lowest BCUT2D eigenvalue weighted by Crippen LogP contribution is -2.44. The summed E-state index contributed by atoms with van der Waals surface area (Å²) < 4.78 is 0. The summed E-state index contributed by atoms with van der Waals surface area (Å²) in [7, 11) is 0. The molecule has 5 nitrogen and oxygen atoms in total. The van der Waals surface area contributed by atoms with Crippen molar-refractivity contribution in [1.82, 2.24) is 10.6 Å². The van der Waals surface area contributed by atoms with Crippen LogP contribution in [0.3, 0.4) is 0 Å². The highest BCUT2D eigenvalue weighted by Crippen LogP contribution is 2.12. The van der Waals surface area contributed by atoms with Crippen molar-refractivity contribution in [2.24, 2.45) is 11.3 Å². The lowest BCUT2D eigenvalue weighted by atomic mass is 9.96. The number of hydrogen-bond acceptors (Lipinski definition) is 3. The smallest absolute Gasteiger partial charge is 0.239 e. The molecule has 2 amide bonds. The van der Waals surface area contributed by atoms with Gasteiger partial charge in [-0.1, -0.05) is 47.5 Å². The molecular formula is C14H28N2O3. The Hall–Kier alpha value is -1.10. The fourth-order valence-corrected chi connectivity index (χ4v) is 1.71. The molecule has 3 N–H and O–H groups in total. The van der Waals surface area contributed by atoms with E-state index in [1.54, 1.807) is 20.8 Å². The van der Waals surface area contributed by atoms with Crippen LogP contribution in [0.2, 0.25) is 0 Å². The fraction of sp³-hybridized carbons (Fsp3) is 0.857. The van der Waals surface area contributed by atoms with Gasteiger partial charge in [-0.2, -0.15) is 0 Å². The van der Waals surface area contributed by atoms with Crippen LogP contribution < -0.4 is 10.6 Å². The molecule has 0 spiro atoms. The van der Waals surface area contributed by atoms with Gasteiger partial charge in [0.15, 0.2) is 0 Å². The molecule has 0 rings (SSSR count). The zero-order valence-electron chi connectivity index (χ0n) is 12.7. The van der Waals surface area contributed by atoms with Crippen molar-refractivity contribution in [1.29, 1.82) is 0 Å². The maximum absolute atomic E-state index is 11.6. The maximum atomic E-state index is 11.6. The predicted octanol–water partition coefficient (Wildman–Crippen LogP) is 1.06. The molecule has 0 radical (unpaired) electrons. The molecule has 0 bridgehead atoms. The first-order valence-electron chi connectivity index (χ1n) is 6.95. The first-order chi connectivity index (χ1) is 8.72. The zero-order chi connectivity index (χ0) is 15.1. The standard InChI is InChI=1S/C14H28N2O3/c1-6-10(7-2)11(17)8-15-12(18)9-16-13(19)14(3,4)5/h10-11,17H,6-9H2,1-5H3,(H,15,18)(H,16,19). The van der Waals surface area contributed by atoms with Gasteiger partial charge in [0.2, 0.25) is 11.8 Å². The molecule has 112 valence electrons. The average molecular weight is 272 g/mol. The van der Waals surface area contributed by atoms with E-state index in [2.05, 4.69) is 10.6 Å². The van der Waals surface area contributed by atoms with Crippen LogP contribution in [-0.4, -0.2) is 36.1 Å². The lowest BCUT2D eigenvalue weighted by molar-refractivity contribution is -0.131. The summed E-state index contributed by atoms with van der Waals surface area (Å²) in [5.41, 5.74) is -0.505. The van der Waals surface area contributed by atoms with Crippen LogP contribution in [0.4, 0.5) is 0 Å². The van der Waals surface area contributed by atoms with E-state index >= 15 is 0 Å². The molecule has 0 aromatic carbocycles. The second-order valence-electron chi connectivity index (χ2n) is 5.88. The Morgan fingerprint density at radius 3 is 2.05 bits per heavy atom. The molecule has 0 aliphatic carbocycles. The first kappa shape index (κ1) is 17.9. The Labute approximate surface area is 116 Å². The summed E-state index contributed by atoms with van der Waals surface area (Å²) in [5, 5.41) is 15.1. The minimum absolute atomic E-state index is 0.0499. The average Bonchev–Trinajstić information content (AvgIpc) is 2.33. The van der Waals surface area contributed by atoms with Crippen LogP contribution in [0.25, 0.3) is 0 Å². The SMILES string of the molecule is CCC(CC)C(O)CNC(=O)CNC(=O)C(C)(C)C. The van der Waals surface area contributed by atoms with Crippen molar-refractivity contribution in [2.45, 2.75) is 53.6 Å². The number of carbonyl (C=O) groups is 2. The number of carbonyl (C=O) groups excluding carboxylic acids is 2. The topological polar surface area (TPSA) is 78.4 Å². The molecule has 0 aliphatic rings. The van der Waals surface area contributed by atoms with Gasteiger partial charge in [-0.3, -0.25) is 9.59 Å². The van der Waals surface area contributed by atoms with E-state index < -0.39 is 11.5 Å². The largest absolute Gasteiger partial charge is 0.391 e. The van der Waals surface area contributed by atoms with E-state index in [1.807, 2.05) is 13.8 Å².